The lowest BCUT2D eigenvalue weighted by atomic mass is 10.2. The van der Waals surface area contributed by atoms with Crippen LogP contribution in [0, 0.1) is 5.92 Å². The summed E-state index contributed by atoms with van der Waals surface area (Å²) in [5.41, 5.74) is 0.995. The minimum atomic E-state index is -0.523. The summed E-state index contributed by atoms with van der Waals surface area (Å²) in [5, 5.41) is 13.6. The number of nitrogens with one attached hydrogen (secondary N) is 1. The van der Waals surface area contributed by atoms with Crippen LogP contribution in [0.2, 0.25) is 5.02 Å². The maximum atomic E-state index is 9.87. The van der Waals surface area contributed by atoms with Crippen LogP contribution in [0.5, 0.6) is 11.5 Å². The first-order valence-electron chi connectivity index (χ1n) is 8.10. The fourth-order valence-electron chi connectivity index (χ4n) is 2.27. The fraction of sp³-hybridized carbons (Fsp3) is 0.647. The van der Waals surface area contributed by atoms with E-state index in [2.05, 4.69) is 19.2 Å². The largest absolute Gasteiger partial charge is 0.489 e. The standard InChI is InChI=1S/C17H26ClNO4/c1-12(2)10-21-11-14(20)9-19-8-13-6-15(18)17-16(7-13)22-4-3-5-23-17/h6-7,12,14,19-20H,3-5,8-11H2,1-2H3. The van der Waals surface area contributed by atoms with Crippen LogP contribution in [0.4, 0.5) is 0 Å². The van der Waals surface area contributed by atoms with Gasteiger partial charge in [-0.3, -0.25) is 0 Å². The predicted molar refractivity (Wildman–Crippen MR) is 90.4 cm³/mol. The van der Waals surface area contributed by atoms with Gasteiger partial charge in [0.2, 0.25) is 0 Å². The zero-order valence-corrected chi connectivity index (χ0v) is 14.6. The van der Waals surface area contributed by atoms with E-state index in [1.54, 1.807) is 0 Å². The van der Waals surface area contributed by atoms with Crippen molar-refractivity contribution >= 4 is 11.6 Å². The molecule has 1 unspecified atom stereocenters. The second-order valence-electron chi connectivity index (χ2n) is 6.17. The molecule has 0 bridgehead atoms. The molecule has 0 aromatic heterocycles. The molecule has 0 spiro atoms. The summed E-state index contributed by atoms with van der Waals surface area (Å²) < 4.78 is 16.7. The summed E-state index contributed by atoms with van der Waals surface area (Å²) in [6.45, 7) is 7.47. The molecular weight excluding hydrogens is 318 g/mol. The Morgan fingerprint density at radius 3 is 2.83 bits per heavy atom. The number of fused-ring (bicyclic) bond motifs is 1. The third kappa shape index (κ3) is 6.18. The highest BCUT2D eigenvalue weighted by molar-refractivity contribution is 6.32. The highest BCUT2D eigenvalue weighted by Crippen LogP contribution is 2.37. The molecule has 2 N–H and O–H groups in total. The molecule has 130 valence electrons. The second kappa shape index (κ2) is 9.33. The van der Waals surface area contributed by atoms with Crippen LogP contribution in [0.15, 0.2) is 12.1 Å². The van der Waals surface area contributed by atoms with Gasteiger partial charge < -0.3 is 24.6 Å². The molecule has 6 heteroatoms. The second-order valence-corrected chi connectivity index (χ2v) is 6.58. The van der Waals surface area contributed by atoms with Crippen molar-refractivity contribution < 1.29 is 19.3 Å². The Kier molecular flexibility index (Phi) is 7.43. The molecule has 5 nitrogen and oxygen atoms in total. The van der Waals surface area contributed by atoms with E-state index in [1.165, 1.54) is 0 Å². The zero-order valence-electron chi connectivity index (χ0n) is 13.8. The molecule has 2 rings (SSSR count). The van der Waals surface area contributed by atoms with Gasteiger partial charge in [0.1, 0.15) is 0 Å². The Morgan fingerprint density at radius 1 is 1.26 bits per heavy atom. The van der Waals surface area contributed by atoms with Crippen LogP contribution in [-0.4, -0.2) is 44.2 Å². The number of ether oxygens (including phenoxy) is 3. The third-order valence-electron chi connectivity index (χ3n) is 3.33. The summed E-state index contributed by atoms with van der Waals surface area (Å²) in [6, 6.07) is 3.80. The van der Waals surface area contributed by atoms with Crippen LogP contribution in [0.25, 0.3) is 0 Å². The number of aliphatic hydroxyl groups excluding tert-OH is 1. The lowest BCUT2D eigenvalue weighted by Gasteiger charge is -2.15. The van der Waals surface area contributed by atoms with Crippen LogP contribution in [0.3, 0.4) is 0 Å². The van der Waals surface area contributed by atoms with Gasteiger partial charge in [-0.1, -0.05) is 25.4 Å². The van der Waals surface area contributed by atoms with E-state index >= 15 is 0 Å². The highest BCUT2D eigenvalue weighted by Gasteiger charge is 2.15. The van der Waals surface area contributed by atoms with Crippen molar-refractivity contribution in [3.8, 4) is 11.5 Å². The van der Waals surface area contributed by atoms with E-state index in [9.17, 15) is 5.11 Å². The van der Waals surface area contributed by atoms with Gasteiger partial charge in [-0.25, -0.2) is 0 Å². The van der Waals surface area contributed by atoms with E-state index in [1.807, 2.05) is 12.1 Å². The number of rotatable bonds is 8. The Balaban J connectivity index is 1.79. The molecule has 0 radical (unpaired) electrons. The molecule has 1 atom stereocenters. The molecule has 1 heterocycles. The molecule has 0 saturated carbocycles. The smallest absolute Gasteiger partial charge is 0.179 e. The van der Waals surface area contributed by atoms with E-state index in [0.717, 1.165) is 12.0 Å². The van der Waals surface area contributed by atoms with Gasteiger partial charge in [-0.2, -0.15) is 0 Å². The van der Waals surface area contributed by atoms with Crippen LogP contribution in [0.1, 0.15) is 25.8 Å². The first-order valence-corrected chi connectivity index (χ1v) is 8.48. The molecule has 1 aromatic carbocycles. The Morgan fingerprint density at radius 2 is 2.04 bits per heavy atom. The topological polar surface area (TPSA) is 60.0 Å². The van der Waals surface area contributed by atoms with Gasteiger partial charge in [0.25, 0.3) is 0 Å². The van der Waals surface area contributed by atoms with Crippen LogP contribution >= 0.6 is 11.6 Å². The van der Waals surface area contributed by atoms with Crippen molar-refractivity contribution in [3.05, 3.63) is 22.7 Å². The Bertz CT molecular complexity index is 496. The lowest BCUT2D eigenvalue weighted by Crippen LogP contribution is -2.30. The van der Waals surface area contributed by atoms with Crippen molar-refractivity contribution in [1.29, 1.82) is 0 Å². The Hall–Kier alpha value is -1.01. The number of hydrogen-bond acceptors (Lipinski definition) is 5. The summed E-state index contributed by atoms with van der Waals surface area (Å²) in [4.78, 5) is 0. The molecule has 0 aliphatic carbocycles. The normalized spacial score (nSPS) is 15.5. The van der Waals surface area contributed by atoms with Crippen molar-refractivity contribution in [2.75, 3.05) is 33.0 Å². The van der Waals surface area contributed by atoms with Crippen molar-refractivity contribution in [3.63, 3.8) is 0 Å². The molecular formula is C17H26ClNO4. The maximum Gasteiger partial charge on any atom is 0.179 e. The molecule has 23 heavy (non-hydrogen) atoms. The summed E-state index contributed by atoms with van der Waals surface area (Å²) in [5.74, 6) is 1.78. The van der Waals surface area contributed by atoms with E-state index in [-0.39, 0.29) is 0 Å². The van der Waals surface area contributed by atoms with Gasteiger partial charge in [0.05, 0.1) is 30.9 Å². The molecule has 0 saturated heterocycles. The molecule has 1 aliphatic heterocycles. The van der Waals surface area contributed by atoms with Crippen LogP contribution < -0.4 is 14.8 Å². The summed E-state index contributed by atoms with van der Waals surface area (Å²) in [6.07, 6.45) is 0.325. The number of hydrogen-bond donors (Lipinski definition) is 2. The fourth-order valence-corrected chi connectivity index (χ4v) is 2.56. The van der Waals surface area contributed by atoms with Crippen molar-refractivity contribution in [1.82, 2.24) is 5.32 Å². The SMILES string of the molecule is CC(C)COCC(O)CNCc1cc(Cl)c2c(c1)OCCCO2. The predicted octanol–water partition coefficient (Wildman–Crippen LogP) is 2.62. The van der Waals surface area contributed by atoms with Crippen molar-refractivity contribution in [2.45, 2.75) is 32.9 Å². The zero-order chi connectivity index (χ0) is 16.7. The Labute approximate surface area is 142 Å². The molecule has 0 amide bonds. The van der Waals surface area contributed by atoms with Gasteiger partial charge in [0, 0.05) is 26.1 Å². The number of benzene rings is 1. The van der Waals surface area contributed by atoms with E-state index < -0.39 is 6.10 Å². The van der Waals surface area contributed by atoms with E-state index in [4.69, 9.17) is 25.8 Å². The minimum absolute atomic E-state index is 0.340. The average Bonchev–Trinajstić information content (AvgIpc) is 2.72. The lowest BCUT2D eigenvalue weighted by molar-refractivity contribution is 0.0260. The maximum absolute atomic E-state index is 9.87. The van der Waals surface area contributed by atoms with Gasteiger partial charge >= 0.3 is 0 Å². The molecule has 1 aliphatic rings. The number of aliphatic hydroxyl groups is 1. The average molecular weight is 344 g/mol. The number of halogens is 1. The van der Waals surface area contributed by atoms with Gasteiger partial charge in [0.15, 0.2) is 11.5 Å². The quantitative estimate of drug-likeness (QED) is 0.760. The van der Waals surface area contributed by atoms with Gasteiger partial charge in [-0.15, -0.1) is 0 Å². The molecule has 1 aromatic rings. The monoisotopic (exact) mass is 343 g/mol. The molecule has 0 fully saturated rings. The third-order valence-corrected chi connectivity index (χ3v) is 3.61. The van der Waals surface area contributed by atoms with E-state index in [0.29, 0.717) is 62.0 Å². The van der Waals surface area contributed by atoms with Gasteiger partial charge in [-0.05, 0) is 23.6 Å². The summed E-state index contributed by atoms with van der Waals surface area (Å²) in [7, 11) is 0. The first-order chi connectivity index (χ1) is 11.1. The first kappa shape index (κ1) is 18.3. The van der Waals surface area contributed by atoms with Crippen LogP contribution in [-0.2, 0) is 11.3 Å². The highest BCUT2D eigenvalue weighted by atomic mass is 35.5. The minimum Gasteiger partial charge on any atom is -0.489 e. The summed E-state index contributed by atoms with van der Waals surface area (Å²) >= 11 is 6.26. The van der Waals surface area contributed by atoms with Crippen molar-refractivity contribution in [2.24, 2.45) is 5.92 Å².